The summed E-state index contributed by atoms with van der Waals surface area (Å²) in [5.41, 5.74) is 0.721. The lowest BCUT2D eigenvalue weighted by molar-refractivity contribution is -0.0896. The molecular formula is C18H26ClNO4. The molecule has 0 unspecified atom stereocenters. The van der Waals surface area contributed by atoms with Crippen LogP contribution in [0, 0.1) is 0 Å². The molecule has 0 spiro atoms. The molecule has 6 heteroatoms. The van der Waals surface area contributed by atoms with Gasteiger partial charge in [0.2, 0.25) is 0 Å². The molecule has 1 fully saturated rings. The van der Waals surface area contributed by atoms with E-state index < -0.39 is 11.7 Å². The lowest BCUT2D eigenvalue weighted by Gasteiger charge is -2.45. The second-order valence-corrected chi connectivity index (χ2v) is 6.98. The highest BCUT2D eigenvalue weighted by Gasteiger charge is 2.46. The van der Waals surface area contributed by atoms with Crippen LogP contribution < -0.4 is 9.47 Å². The number of methoxy groups -OCH3 is 1. The zero-order valence-corrected chi connectivity index (χ0v) is 15.5. The number of rotatable bonds is 3. The van der Waals surface area contributed by atoms with Crippen molar-refractivity contribution < 1.29 is 19.4 Å². The number of carbonyl (C=O) groups is 1. The number of fused-ring (bicyclic) bond motifs is 1. The zero-order valence-electron chi connectivity index (χ0n) is 14.7. The van der Waals surface area contributed by atoms with E-state index >= 15 is 0 Å². The van der Waals surface area contributed by atoms with Gasteiger partial charge in [-0.1, -0.05) is 0 Å². The molecule has 0 aromatic heterocycles. The average molecular weight is 356 g/mol. The third-order valence-corrected chi connectivity index (χ3v) is 4.95. The number of ketones is 1. The third-order valence-electron chi connectivity index (χ3n) is 4.95. The van der Waals surface area contributed by atoms with Gasteiger partial charge in [-0.05, 0) is 52.8 Å². The maximum absolute atomic E-state index is 12.0. The number of likely N-dealkylation sites (tertiary alicyclic amines) is 1. The molecule has 0 saturated carbocycles. The van der Waals surface area contributed by atoms with Crippen LogP contribution in [0.3, 0.4) is 0 Å². The number of aliphatic hydroxyl groups excluding tert-OH is 1. The van der Waals surface area contributed by atoms with Crippen molar-refractivity contribution in [2.75, 3.05) is 20.2 Å². The highest BCUT2D eigenvalue weighted by atomic mass is 35.5. The van der Waals surface area contributed by atoms with Crippen LogP contribution in [0.25, 0.3) is 0 Å². The van der Waals surface area contributed by atoms with E-state index in [4.69, 9.17) is 9.47 Å². The minimum atomic E-state index is -0.691. The summed E-state index contributed by atoms with van der Waals surface area (Å²) in [5, 5.41) is 10.9. The third kappa shape index (κ3) is 3.13. The van der Waals surface area contributed by atoms with Crippen LogP contribution >= 0.6 is 12.4 Å². The van der Waals surface area contributed by atoms with E-state index in [0.717, 1.165) is 31.5 Å². The van der Waals surface area contributed by atoms with Crippen LogP contribution in [0.4, 0.5) is 0 Å². The fourth-order valence-electron chi connectivity index (χ4n) is 3.65. The van der Waals surface area contributed by atoms with E-state index in [9.17, 15) is 9.90 Å². The minimum Gasteiger partial charge on any atom is -0.496 e. The van der Waals surface area contributed by atoms with Crippen LogP contribution in [-0.2, 0) is 0 Å². The molecule has 3 rings (SSSR count). The van der Waals surface area contributed by atoms with Gasteiger partial charge in [0.15, 0.2) is 5.78 Å². The van der Waals surface area contributed by atoms with E-state index in [2.05, 4.69) is 4.90 Å². The second kappa shape index (κ2) is 6.90. The molecule has 2 heterocycles. The number of hydrogen-bond donors (Lipinski definition) is 1. The SMILES string of the molecule is COc1cc2c(cc1C(C)=O)[C@H](N1CCCC1)[C@@H](O)C(C)(C)O2.Cl. The Balaban J connectivity index is 0.00000208. The van der Waals surface area contributed by atoms with Crippen molar-refractivity contribution in [1.29, 1.82) is 0 Å². The first-order chi connectivity index (χ1) is 10.8. The Morgan fingerprint density at radius 3 is 2.50 bits per heavy atom. The molecule has 134 valence electrons. The number of ether oxygens (including phenoxy) is 2. The van der Waals surface area contributed by atoms with E-state index in [1.54, 1.807) is 13.2 Å². The van der Waals surface area contributed by atoms with Gasteiger partial charge in [0.1, 0.15) is 23.2 Å². The summed E-state index contributed by atoms with van der Waals surface area (Å²) in [6.45, 7) is 7.24. The van der Waals surface area contributed by atoms with Gasteiger partial charge >= 0.3 is 0 Å². The smallest absolute Gasteiger partial charge is 0.163 e. The number of nitrogens with zero attached hydrogens (tertiary/aromatic N) is 1. The van der Waals surface area contributed by atoms with Gasteiger partial charge in [0.25, 0.3) is 0 Å². The highest BCUT2D eigenvalue weighted by Crippen LogP contribution is 2.46. The normalized spacial score (nSPS) is 25.4. The molecule has 5 nitrogen and oxygen atoms in total. The summed E-state index contributed by atoms with van der Waals surface area (Å²) in [4.78, 5) is 14.2. The molecular weight excluding hydrogens is 330 g/mol. The van der Waals surface area contributed by atoms with Gasteiger partial charge in [0.05, 0.1) is 18.7 Å². The first-order valence-electron chi connectivity index (χ1n) is 8.19. The van der Waals surface area contributed by atoms with Crippen molar-refractivity contribution in [3.05, 3.63) is 23.3 Å². The van der Waals surface area contributed by atoms with Gasteiger partial charge < -0.3 is 14.6 Å². The molecule has 2 aliphatic rings. The van der Waals surface area contributed by atoms with Crippen LogP contribution in [0.15, 0.2) is 12.1 Å². The van der Waals surface area contributed by atoms with Gasteiger partial charge in [-0.2, -0.15) is 0 Å². The largest absolute Gasteiger partial charge is 0.496 e. The first-order valence-corrected chi connectivity index (χ1v) is 8.19. The van der Waals surface area contributed by atoms with Crippen LogP contribution in [-0.4, -0.2) is 47.7 Å². The topological polar surface area (TPSA) is 59.0 Å². The molecule has 0 amide bonds. The van der Waals surface area contributed by atoms with E-state index in [1.165, 1.54) is 6.92 Å². The van der Waals surface area contributed by atoms with Crippen molar-refractivity contribution in [1.82, 2.24) is 4.90 Å². The molecule has 1 aromatic carbocycles. The van der Waals surface area contributed by atoms with Crippen LogP contribution in [0.1, 0.15) is 55.6 Å². The van der Waals surface area contributed by atoms with Crippen molar-refractivity contribution in [2.24, 2.45) is 0 Å². The molecule has 0 bridgehead atoms. The fourth-order valence-corrected chi connectivity index (χ4v) is 3.65. The highest BCUT2D eigenvalue weighted by molar-refractivity contribution is 5.97. The molecule has 2 aliphatic heterocycles. The number of aliphatic hydroxyl groups is 1. The second-order valence-electron chi connectivity index (χ2n) is 6.98. The minimum absolute atomic E-state index is 0. The lowest BCUT2D eigenvalue weighted by atomic mass is 9.84. The predicted molar refractivity (Wildman–Crippen MR) is 94.5 cm³/mol. The molecule has 24 heavy (non-hydrogen) atoms. The molecule has 1 saturated heterocycles. The Hall–Kier alpha value is -1.30. The molecule has 1 aromatic rings. The van der Waals surface area contributed by atoms with Crippen molar-refractivity contribution in [3.8, 4) is 11.5 Å². The number of carbonyl (C=O) groups excluding carboxylic acids is 1. The quantitative estimate of drug-likeness (QED) is 0.845. The van der Waals surface area contributed by atoms with E-state index in [-0.39, 0.29) is 24.2 Å². The standard InChI is InChI=1S/C18H25NO4.ClH/c1-11(20)12-9-13-15(10-14(12)22-4)23-18(2,3)17(21)16(13)19-7-5-6-8-19;/h9-10,16-17,21H,5-8H2,1-4H3;1H/t16-,17+;/m0./s1. The maximum Gasteiger partial charge on any atom is 0.163 e. The number of benzene rings is 1. The van der Waals surface area contributed by atoms with Crippen LogP contribution in [0.5, 0.6) is 11.5 Å². The van der Waals surface area contributed by atoms with Crippen molar-refractivity contribution >= 4 is 18.2 Å². The molecule has 0 aliphatic carbocycles. The Bertz CT molecular complexity index is 626. The molecule has 0 radical (unpaired) electrons. The lowest BCUT2D eigenvalue weighted by Crippen LogP contribution is -2.53. The maximum atomic E-state index is 12.0. The summed E-state index contributed by atoms with van der Waals surface area (Å²) < 4.78 is 11.4. The first kappa shape index (κ1) is 19.0. The number of hydrogen-bond acceptors (Lipinski definition) is 5. The van der Waals surface area contributed by atoms with E-state index in [0.29, 0.717) is 17.1 Å². The Morgan fingerprint density at radius 2 is 1.96 bits per heavy atom. The number of Topliss-reactive ketones (excluding diaryl/α,β-unsaturated/α-hetero) is 1. The van der Waals surface area contributed by atoms with Crippen LogP contribution in [0.2, 0.25) is 0 Å². The molecule has 1 N–H and O–H groups in total. The summed E-state index contributed by atoms with van der Waals surface area (Å²) in [6.07, 6.45) is 1.62. The zero-order chi connectivity index (χ0) is 16.8. The predicted octanol–water partition coefficient (Wildman–Crippen LogP) is 2.99. The van der Waals surface area contributed by atoms with Gasteiger partial charge in [0, 0.05) is 11.6 Å². The van der Waals surface area contributed by atoms with E-state index in [1.807, 2.05) is 19.9 Å². The fraction of sp³-hybridized carbons (Fsp3) is 0.611. The summed E-state index contributed by atoms with van der Waals surface area (Å²) in [7, 11) is 1.55. The van der Waals surface area contributed by atoms with Crippen molar-refractivity contribution in [3.63, 3.8) is 0 Å². The summed E-state index contributed by atoms with van der Waals surface area (Å²) >= 11 is 0. The number of halogens is 1. The Kier molecular flexibility index (Phi) is 5.47. The molecule has 2 atom stereocenters. The van der Waals surface area contributed by atoms with Gasteiger partial charge in [-0.25, -0.2) is 0 Å². The van der Waals surface area contributed by atoms with Gasteiger partial charge in [-0.3, -0.25) is 9.69 Å². The monoisotopic (exact) mass is 355 g/mol. The van der Waals surface area contributed by atoms with Crippen molar-refractivity contribution in [2.45, 2.75) is 51.4 Å². The Morgan fingerprint density at radius 1 is 1.33 bits per heavy atom. The summed E-state index contributed by atoms with van der Waals surface area (Å²) in [6, 6.07) is 3.46. The van der Waals surface area contributed by atoms with Gasteiger partial charge in [-0.15, -0.1) is 12.4 Å². The Labute approximate surface area is 149 Å². The average Bonchev–Trinajstić information content (AvgIpc) is 3.00. The summed E-state index contributed by atoms with van der Waals surface area (Å²) in [5.74, 6) is 1.16.